The smallest absolute Gasteiger partial charge is 0.240 e. The van der Waals surface area contributed by atoms with Crippen LogP contribution in [0.1, 0.15) is 37.3 Å². The van der Waals surface area contributed by atoms with Crippen molar-refractivity contribution < 1.29 is 19.1 Å². The van der Waals surface area contributed by atoms with Crippen LogP contribution < -0.4 is 9.64 Å². The number of imide groups is 1. The minimum atomic E-state index is -0.768. The quantitative estimate of drug-likeness (QED) is 0.502. The number of nitrogens with zero attached hydrogens (tertiary/aromatic N) is 3. The molecular weight excluding hydrogens is 454 g/mol. The van der Waals surface area contributed by atoms with Crippen molar-refractivity contribution in [3.8, 4) is 17.9 Å². The van der Waals surface area contributed by atoms with Crippen LogP contribution in [0.5, 0.6) is 5.75 Å². The van der Waals surface area contributed by atoms with E-state index >= 15 is 0 Å². The molecule has 2 amide bonds. The summed E-state index contributed by atoms with van der Waals surface area (Å²) < 4.78 is 12.4. The Hall–Kier alpha value is -4.20. The molecule has 0 aliphatic carbocycles. The second-order valence-electron chi connectivity index (χ2n) is 9.97. The summed E-state index contributed by atoms with van der Waals surface area (Å²) in [7, 11) is 0. The van der Waals surface area contributed by atoms with Gasteiger partial charge >= 0.3 is 0 Å². The molecule has 3 saturated heterocycles. The van der Waals surface area contributed by atoms with E-state index in [2.05, 4.69) is 12.1 Å². The molecule has 0 spiro atoms. The predicted octanol–water partition coefficient (Wildman–Crippen LogP) is 4.48. The monoisotopic (exact) mass is 477 g/mol. The standard InChI is InChI=1S/C29H23N3O4/c1-28-12-13-29(36-28,14-15-35-20-9-6-18(16-30)7-10-20)25-24(28)26(33)32(27(25)34)23-11-8-19(17-31)21-4-2-3-5-22(21)23/h2-11,24-25H,12-15H2,1H3/t24-,25+,28-,29-/m1/s1. The van der Waals surface area contributed by atoms with Crippen LogP contribution in [0.4, 0.5) is 5.69 Å². The number of carbonyl (C=O) groups excluding carboxylic acids is 2. The molecular formula is C29H23N3O4. The van der Waals surface area contributed by atoms with Gasteiger partial charge in [-0.15, -0.1) is 0 Å². The Labute approximate surface area is 208 Å². The van der Waals surface area contributed by atoms with Crippen molar-refractivity contribution in [1.29, 1.82) is 10.5 Å². The van der Waals surface area contributed by atoms with E-state index in [9.17, 15) is 14.9 Å². The first-order chi connectivity index (χ1) is 17.4. The third-order valence-electron chi connectivity index (χ3n) is 8.05. The minimum absolute atomic E-state index is 0.239. The van der Waals surface area contributed by atoms with Gasteiger partial charge in [0.15, 0.2) is 0 Å². The molecule has 3 aromatic carbocycles. The maximum atomic E-state index is 13.9. The maximum Gasteiger partial charge on any atom is 0.240 e. The average molecular weight is 478 g/mol. The lowest BCUT2D eigenvalue weighted by atomic mass is 9.67. The average Bonchev–Trinajstić information content (AvgIpc) is 3.48. The molecule has 2 bridgehead atoms. The van der Waals surface area contributed by atoms with Gasteiger partial charge in [0, 0.05) is 17.2 Å². The number of hydrogen-bond donors (Lipinski definition) is 0. The van der Waals surface area contributed by atoms with Crippen LogP contribution in [0, 0.1) is 34.5 Å². The lowest BCUT2D eigenvalue weighted by molar-refractivity contribution is -0.131. The number of hydrogen-bond acceptors (Lipinski definition) is 6. The molecule has 36 heavy (non-hydrogen) atoms. The molecule has 4 atom stereocenters. The van der Waals surface area contributed by atoms with Gasteiger partial charge < -0.3 is 9.47 Å². The van der Waals surface area contributed by atoms with Crippen molar-refractivity contribution in [1.82, 2.24) is 0 Å². The zero-order chi connectivity index (χ0) is 25.1. The number of carbonyl (C=O) groups is 2. The Morgan fingerprint density at radius 3 is 2.39 bits per heavy atom. The lowest BCUT2D eigenvalue weighted by Gasteiger charge is -2.31. The van der Waals surface area contributed by atoms with Crippen molar-refractivity contribution in [3.05, 3.63) is 71.8 Å². The number of amides is 2. The summed E-state index contributed by atoms with van der Waals surface area (Å²) in [4.78, 5) is 29.0. The van der Waals surface area contributed by atoms with Crippen LogP contribution in [0.2, 0.25) is 0 Å². The van der Waals surface area contributed by atoms with Crippen molar-refractivity contribution >= 4 is 28.3 Å². The van der Waals surface area contributed by atoms with E-state index in [4.69, 9.17) is 14.7 Å². The highest BCUT2D eigenvalue weighted by molar-refractivity contribution is 6.26. The van der Waals surface area contributed by atoms with E-state index in [1.165, 1.54) is 4.90 Å². The fourth-order valence-corrected chi connectivity index (χ4v) is 6.39. The van der Waals surface area contributed by atoms with E-state index in [0.717, 1.165) is 0 Å². The zero-order valence-corrected chi connectivity index (χ0v) is 19.7. The van der Waals surface area contributed by atoms with E-state index in [1.54, 1.807) is 36.4 Å². The Morgan fingerprint density at radius 1 is 0.944 bits per heavy atom. The van der Waals surface area contributed by atoms with E-state index in [-0.39, 0.29) is 11.8 Å². The second kappa shape index (κ2) is 7.91. The van der Waals surface area contributed by atoms with Crippen LogP contribution >= 0.6 is 0 Å². The van der Waals surface area contributed by atoms with Crippen molar-refractivity contribution in [3.63, 3.8) is 0 Å². The van der Waals surface area contributed by atoms with Gasteiger partial charge in [-0.1, -0.05) is 24.3 Å². The number of anilines is 1. The predicted molar refractivity (Wildman–Crippen MR) is 131 cm³/mol. The SMILES string of the molecule is C[C@]12CC[C@](CCOc3ccc(C#N)cc3)(O1)[C@@H]1C(=O)N(c3ccc(C#N)c4ccccc34)C(=O)[C@@H]12. The van der Waals surface area contributed by atoms with E-state index < -0.39 is 23.0 Å². The van der Waals surface area contributed by atoms with Crippen molar-refractivity contribution in [2.24, 2.45) is 11.8 Å². The molecule has 0 N–H and O–H groups in total. The molecule has 0 radical (unpaired) electrons. The topological polar surface area (TPSA) is 103 Å². The number of benzene rings is 3. The maximum absolute atomic E-state index is 13.9. The van der Waals surface area contributed by atoms with E-state index in [1.807, 2.05) is 31.2 Å². The molecule has 3 aliphatic rings. The summed E-state index contributed by atoms with van der Waals surface area (Å²) in [6.07, 6.45) is 1.86. The van der Waals surface area contributed by atoms with Gasteiger partial charge in [0.2, 0.25) is 11.8 Å². The number of fused-ring (bicyclic) bond motifs is 6. The highest BCUT2D eigenvalue weighted by atomic mass is 16.5. The normalized spacial score (nSPS) is 28.2. The van der Waals surface area contributed by atoms with E-state index in [0.29, 0.717) is 59.2 Å². The zero-order valence-electron chi connectivity index (χ0n) is 19.7. The fraction of sp³-hybridized carbons (Fsp3) is 0.310. The minimum Gasteiger partial charge on any atom is -0.493 e. The third kappa shape index (κ3) is 3.07. The first-order valence-corrected chi connectivity index (χ1v) is 12.0. The van der Waals surface area contributed by atoms with Gasteiger partial charge in [0.05, 0.1) is 58.6 Å². The van der Waals surface area contributed by atoms with Gasteiger partial charge in [0.25, 0.3) is 0 Å². The van der Waals surface area contributed by atoms with Crippen LogP contribution in [0.3, 0.4) is 0 Å². The molecule has 7 heteroatoms. The Bertz CT molecular complexity index is 1500. The second-order valence-corrected chi connectivity index (χ2v) is 9.97. The van der Waals surface area contributed by atoms with Crippen LogP contribution in [-0.2, 0) is 14.3 Å². The van der Waals surface area contributed by atoms with Gasteiger partial charge in [-0.25, -0.2) is 4.90 Å². The highest BCUT2D eigenvalue weighted by Gasteiger charge is 2.73. The van der Waals surface area contributed by atoms with Gasteiger partial charge in [0.1, 0.15) is 5.75 Å². The first kappa shape index (κ1) is 22.3. The molecule has 0 saturated carbocycles. The molecule has 3 aliphatic heterocycles. The molecule has 178 valence electrons. The van der Waals surface area contributed by atoms with Crippen molar-refractivity contribution in [2.75, 3.05) is 11.5 Å². The number of nitriles is 2. The summed E-state index contributed by atoms with van der Waals surface area (Å²) in [5.74, 6) is -0.982. The molecule has 6 rings (SSSR count). The largest absolute Gasteiger partial charge is 0.493 e. The summed E-state index contributed by atoms with van der Waals surface area (Å²) in [5, 5.41) is 19.9. The lowest BCUT2D eigenvalue weighted by Crippen LogP contribution is -2.43. The molecule has 3 fully saturated rings. The summed E-state index contributed by atoms with van der Waals surface area (Å²) in [5.41, 5.74) is 0.0974. The summed E-state index contributed by atoms with van der Waals surface area (Å²) in [6.45, 7) is 2.26. The number of ether oxygens (including phenoxy) is 2. The highest BCUT2D eigenvalue weighted by Crippen LogP contribution is 2.62. The van der Waals surface area contributed by atoms with Crippen LogP contribution in [0.15, 0.2) is 60.7 Å². The molecule has 3 heterocycles. The van der Waals surface area contributed by atoms with Crippen LogP contribution in [-0.4, -0.2) is 29.6 Å². The van der Waals surface area contributed by atoms with Gasteiger partial charge in [-0.2, -0.15) is 10.5 Å². The first-order valence-electron chi connectivity index (χ1n) is 12.0. The Kier molecular flexibility index (Phi) is 4.90. The fourth-order valence-electron chi connectivity index (χ4n) is 6.39. The van der Waals surface area contributed by atoms with Crippen molar-refractivity contribution in [2.45, 2.75) is 37.4 Å². The molecule has 0 unspecified atom stereocenters. The summed E-state index contributed by atoms with van der Waals surface area (Å²) in [6, 6.07) is 21.9. The van der Waals surface area contributed by atoms with Gasteiger partial charge in [-0.3, -0.25) is 9.59 Å². The van der Waals surface area contributed by atoms with Crippen LogP contribution in [0.25, 0.3) is 10.8 Å². The Morgan fingerprint density at radius 2 is 1.67 bits per heavy atom. The molecule has 3 aromatic rings. The number of rotatable bonds is 5. The molecule has 0 aromatic heterocycles. The Balaban J connectivity index is 1.31. The summed E-state index contributed by atoms with van der Waals surface area (Å²) >= 11 is 0. The molecule has 7 nitrogen and oxygen atoms in total. The third-order valence-corrected chi connectivity index (χ3v) is 8.05. The van der Waals surface area contributed by atoms with Gasteiger partial charge in [-0.05, 0) is 56.2 Å².